The number of fused-ring (bicyclic) bond motifs is 14. The highest BCUT2D eigenvalue weighted by Crippen LogP contribution is 2.48. The molecule has 8 aromatic carbocycles. The molecule has 1 aliphatic rings. The van der Waals surface area contributed by atoms with E-state index in [1.807, 2.05) is 11.3 Å². The van der Waals surface area contributed by atoms with E-state index in [1.54, 1.807) is 0 Å². The van der Waals surface area contributed by atoms with Crippen molar-refractivity contribution in [2.24, 2.45) is 4.99 Å². The van der Waals surface area contributed by atoms with Crippen LogP contribution in [0.4, 0.5) is 5.69 Å². The van der Waals surface area contributed by atoms with E-state index < -0.39 is 0 Å². The fourth-order valence-corrected chi connectivity index (χ4v) is 10.1. The Kier molecular flexibility index (Phi) is 5.96. The van der Waals surface area contributed by atoms with Gasteiger partial charge in [0.2, 0.25) is 5.96 Å². The first-order chi connectivity index (χ1) is 26.3. The number of aromatic nitrogens is 2. The number of aliphatic imine (C=N–C) groups is 1. The van der Waals surface area contributed by atoms with Crippen LogP contribution in [0, 0.1) is 0 Å². The molecular weight excluding hydrogens is 665 g/mol. The van der Waals surface area contributed by atoms with Gasteiger partial charge in [0, 0.05) is 37.3 Å². The summed E-state index contributed by atoms with van der Waals surface area (Å²) in [7, 11) is 0. The Morgan fingerprint density at radius 1 is 0.472 bits per heavy atom. The van der Waals surface area contributed by atoms with Crippen LogP contribution in [0.25, 0.3) is 80.9 Å². The molecule has 0 fully saturated rings. The van der Waals surface area contributed by atoms with E-state index in [2.05, 4.69) is 184 Å². The SMILES string of the molecule is c1ccc(C2NC(n3c4ccc5ccccc5c4c4ccc5c6c7ccccc7ccc6n(-c6ccccc6)c5c43)=Nc3c2sc2ccccc32)cc1. The van der Waals surface area contributed by atoms with Crippen molar-refractivity contribution in [3.63, 3.8) is 0 Å². The fourth-order valence-electron chi connectivity index (χ4n) is 8.89. The van der Waals surface area contributed by atoms with E-state index in [0.717, 1.165) is 28.4 Å². The summed E-state index contributed by atoms with van der Waals surface area (Å²) in [5.41, 5.74) is 8.01. The van der Waals surface area contributed by atoms with Crippen LogP contribution in [-0.2, 0) is 0 Å². The van der Waals surface area contributed by atoms with Crippen LogP contribution < -0.4 is 5.32 Å². The second-order valence-corrected chi connectivity index (χ2v) is 15.0. The molecule has 1 N–H and O–H groups in total. The number of nitrogens with one attached hydrogen (secondary N) is 1. The number of nitrogens with zero attached hydrogens (tertiary/aromatic N) is 3. The predicted octanol–water partition coefficient (Wildman–Crippen LogP) is 12.6. The quantitative estimate of drug-likeness (QED) is 0.192. The zero-order valence-corrected chi connectivity index (χ0v) is 29.3. The predicted molar refractivity (Wildman–Crippen MR) is 225 cm³/mol. The van der Waals surface area contributed by atoms with Crippen molar-refractivity contribution in [1.82, 2.24) is 14.5 Å². The van der Waals surface area contributed by atoms with Crippen molar-refractivity contribution >= 4 is 98.2 Å². The monoisotopic (exact) mass is 694 g/mol. The summed E-state index contributed by atoms with van der Waals surface area (Å²) in [5.74, 6) is 0.826. The topological polar surface area (TPSA) is 34.2 Å². The van der Waals surface area contributed by atoms with Crippen molar-refractivity contribution < 1.29 is 0 Å². The Hall–Kier alpha value is -6.69. The molecule has 12 rings (SSSR count). The summed E-state index contributed by atoms with van der Waals surface area (Å²) in [6, 6.07) is 61.6. The van der Waals surface area contributed by atoms with Crippen LogP contribution in [0.5, 0.6) is 0 Å². The Bertz CT molecular complexity index is 3310. The molecule has 4 nitrogen and oxygen atoms in total. The Labute approximate surface area is 308 Å². The van der Waals surface area contributed by atoms with Gasteiger partial charge >= 0.3 is 0 Å². The van der Waals surface area contributed by atoms with Gasteiger partial charge in [0.25, 0.3) is 0 Å². The van der Waals surface area contributed by atoms with Gasteiger partial charge in [-0.2, -0.15) is 0 Å². The normalized spacial score (nSPS) is 14.5. The molecule has 0 radical (unpaired) electrons. The smallest absolute Gasteiger partial charge is 0.209 e. The van der Waals surface area contributed by atoms with E-state index in [4.69, 9.17) is 4.99 Å². The molecule has 0 amide bonds. The lowest BCUT2D eigenvalue weighted by Crippen LogP contribution is -2.36. The molecule has 0 bridgehead atoms. The number of hydrogen-bond donors (Lipinski definition) is 1. The average Bonchev–Trinajstić information content (AvgIpc) is 3.89. The molecule has 1 atom stereocenters. The van der Waals surface area contributed by atoms with Gasteiger partial charge in [-0.3, -0.25) is 4.57 Å². The van der Waals surface area contributed by atoms with E-state index in [9.17, 15) is 0 Å². The van der Waals surface area contributed by atoms with Crippen LogP contribution >= 0.6 is 11.3 Å². The first-order valence-corrected chi connectivity index (χ1v) is 18.9. The molecule has 3 aromatic heterocycles. The zero-order chi connectivity index (χ0) is 34.6. The number of rotatable bonds is 2. The summed E-state index contributed by atoms with van der Waals surface area (Å²) < 4.78 is 6.14. The second-order valence-electron chi connectivity index (χ2n) is 14.0. The van der Waals surface area contributed by atoms with Gasteiger partial charge < -0.3 is 9.88 Å². The van der Waals surface area contributed by atoms with Crippen LogP contribution in [0.15, 0.2) is 175 Å². The highest BCUT2D eigenvalue weighted by molar-refractivity contribution is 7.19. The van der Waals surface area contributed by atoms with Crippen molar-refractivity contribution in [2.45, 2.75) is 6.04 Å². The molecule has 0 aliphatic carbocycles. The Morgan fingerprint density at radius 2 is 1.02 bits per heavy atom. The van der Waals surface area contributed by atoms with Crippen LogP contribution in [-0.4, -0.2) is 15.1 Å². The molecule has 1 aliphatic heterocycles. The minimum absolute atomic E-state index is 0.0628. The highest BCUT2D eigenvalue weighted by Gasteiger charge is 2.31. The third-order valence-corrected chi connectivity index (χ3v) is 12.4. The van der Waals surface area contributed by atoms with Crippen LogP contribution in [0.3, 0.4) is 0 Å². The van der Waals surface area contributed by atoms with Gasteiger partial charge in [-0.25, -0.2) is 4.99 Å². The summed E-state index contributed by atoms with van der Waals surface area (Å²) in [6.07, 6.45) is 0. The van der Waals surface area contributed by atoms with Gasteiger partial charge in [0.15, 0.2) is 0 Å². The maximum Gasteiger partial charge on any atom is 0.209 e. The third-order valence-electron chi connectivity index (χ3n) is 11.1. The van der Waals surface area contributed by atoms with Crippen molar-refractivity contribution in [2.75, 3.05) is 0 Å². The van der Waals surface area contributed by atoms with Crippen molar-refractivity contribution in [1.29, 1.82) is 0 Å². The Balaban J connectivity index is 1.30. The van der Waals surface area contributed by atoms with Gasteiger partial charge in [0.1, 0.15) is 0 Å². The number of para-hydroxylation sites is 1. The van der Waals surface area contributed by atoms with E-state index in [-0.39, 0.29) is 6.04 Å². The molecule has 1 unspecified atom stereocenters. The standard InChI is InChI=1S/C48H30N4S/c1-3-15-31(16-4-1)43-47-44(35-21-11-12-22-40(35)53-47)50-48(49-43)52-39-28-24-30-14-8-10-20-34(30)42(39)37-26-25-36-41-33-19-9-7-13-29(33)23-27-38(41)51(45(36)46(37)52)32-17-5-2-6-18-32/h1-28,43H,(H,49,50). The molecular formula is C48H30N4S. The first-order valence-electron chi connectivity index (χ1n) is 18.1. The second kappa shape index (κ2) is 10.9. The van der Waals surface area contributed by atoms with Gasteiger partial charge in [-0.05, 0) is 57.4 Å². The summed E-state index contributed by atoms with van der Waals surface area (Å²) in [6.45, 7) is 0. The molecule has 0 spiro atoms. The van der Waals surface area contributed by atoms with Crippen molar-refractivity contribution in [3.8, 4) is 5.69 Å². The minimum Gasteiger partial charge on any atom is -0.343 e. The molecule has 53 heavy (non-hydrogen) atoms. The number of thiophene rings is 1. The maximum absolute atomic E-state index is 5.61. The molecule has 11 aromatic rings. The maximum atomic E-state index is 5.61. The molecule has 0 saturated carbocycles. The largest absolute Gasteiger partial charge is 0.343 e. The summed E-state index contributed by atoms with van der Waals surface area (Å²) in [4.78, 5) is 6.85. The average molecular weight is 695 g/mol. The third kappa shape index (κ3) is 4.03. The van der Waals surface area contributed by atoms with Gasteiger partial charge in [-0.15, -0.1) is 11.3 Å². The minimum atomic E-state index is -0.0628. The Morgan fingerprint density at radius 3 is 1.70 bits per heavy atom. The zero-order valence-electron chi connectivity index (χ0n) is 28.5. The summed E-state index contributed by atoms with van der Waals surface area (Å²) >= 11 is 1.83. The number of benzene rings is 8. The van der Waals surface area contributed by atoms with Crippen LogP contribution in [0.1, 0.15) is 16.5 Å². The van der Waals surface area contributed by atoms with E-state index in [1.165, 1.54) is 74.6 Å². The van der Waals surface area contributed by atoms with E-state index in [0.29, 0.717) is 0 Å². The first kappa shape index (κ1) is 28.9. The number of hydrogen-bond acceptors (Lipinski definition) is 3. The molecule has 4 heterocycles. The molecule has 248 valence electrons. The lowest BCUT2D eigenvalue weighted by Gasteiger charge is -2.26. The van der Waals surface area contributed by atoms with Gasteiger partial charge in [-0.1, -0.05) is 140 Å². The van der Waals surface area contributed by atoms with Crippen LogP contribution in [0.2, 0.25) is 0 Å². The van der Waals surface area contributed by atoms with Crippen molar-refractivity contribution in [3.05, 3.63) is 180 Å². The summed E-state index contributed by atoms with van der Waals surface area (Å²) in [5, 5.41) is 15.1. The molecule has 5 heteroatoms. The lowest BCUT2D eigenvalue weighted by atomic mass is 10.0. The highest BCUT2D eigenvalue weighted by atomic mass is 32.1. The van der Waals surface area contributed by atoms with E-state index >= 15 is 0 Å². The lowest BCUT2D eigenvalue weighted by molar-refractivity contribution is 0.747. The fraction of sp³-hybridized carbons (Fsp3) is 0.0208. The molecule has 0 saturated heterocycles. The van der Waals surface area contributed by atoms with Gasteiger partial charge in [0.05, 0.1) is 38.7 Å².